The molecule has 0 saturated carbocycles. The molecular weight excluding hydrogens is 421 g/mol. The molecule has 6 nitrogen and oxygen atoms in total. The smallest absolute Gasteiger partial charge is 0.333 e. The van der Waals surface area contributed by atoms with Crippen LogP contribution >= 0.6 is 0 Å². The van der Waals surface area contributed by atoms with E-state index < -0.39 is 11.7 Å². The van der Waals surface area contributed by atoms with Crippen LogP contribution in [0.15, 0.2) is 30.5 Å². The minimum Gasteiger partial charge on any atom is -0.333 e. The summed E-state index contributed by atoms with van der Waals surface area (Å²) in [6.07, 6.45) is 0.423. The van der Waals surface area contributed by atoms with Crippen molar-refractivity contribution in [2.45, 2.75) is 63.8 Å². The number of halogens is 3. The first kappa shape index (κ1) is 22.4. The van der Waals surface area contributed by atoms with Gasteiger partial charge in [0, 0.05) is 32.3 Å². The summed E-state index contributed by atoms with van der Waals surface area (Å²) < 4.78 is 41.1. The Bertz CT molecular complexity index is 1020. The largest absolute Gasteiger partial charge is 0.416 e. The molecule has 32 heavy (non-hydrogen) atoms. The summed E-state index contributed by atoms with van der Waals surface area (Å²) in [5.41, 5.74) is 1.05. The zero-order valence-corrected chi connectivity index (χ0v) is 18.2. The molecule has 2 saturated heterocycles. The van der Waals surface area contributed by atoms with E-state index in [-0.39, 0.29) is 30.4 Å². The van der Waals surface area contributed by atoms with Crippen LogP contribution in [0.5, 0.6) is 0 Å². The Morgan fingerprint density at radius 3 is 2.66 bits per heavy atom. The fourth-order valence-electron chi connectivity index (χ4n) is 4.87. The standard InChI is InChI=1S/C23H27F3N4O2/c1-15-18(13-27-28(15)2)22(32)29-11-10-20-19(29)8-3-4-9-21(31)30(20)14-16-6-5-7-17(12-16)23(24,25)26/h5-7,12-13,19-20H,3-4,8-11,14H2,1-2H3/t19-,20+/m1/s1. The van der Waals surface area contributed by atoms with Crippen molar-refractivity contribution in [3.8, 4) is 0 Å². The average molecular weight is 448 g/mol. The van der Waals surface area contributed by atoms with Crippen molar-refractivity contribution >= 4 is 11.8 Å². The number of hydrogen-bond donors (Lipinski definition) is 0. The van der Waals surface area contributed by atoms with Crippen molar-refractivity contribution in [1.29, 1.82) is 0 Å². The van der Waals surface area contributed by atoms with Crippen molar-refractivity contribution in [2.24, 2.45) is 7.05 Å². The van der Waals surface area contributed by atoms with Crippen LogP contribution in [0.1, 0.15) is 59.3 Å². The molecule has 2 aromatic rings. The van der Waals surface area contributed by atoms with Crippen LogP contribution in [0.3, 0.4) is 0 Å². The normalized spacial score (nSPS) is 22.0. The van der Waals surface area contributed by atoms with Gasteiger partial charge in [-0.3, -0.25) is 14.3 Å². The number of hydrogen-bond acceptors (Lipinski definition) is 3. The van der Waals surface area contributed by atoms with E-state index in [1.165, 1.54) is 6.07 Å². The van der Waals surface area contributed by atoms with Crippen molar-refractivity contribution in [3.05, 3.63) is 52.8 Å². The van der Waals surface area contributed by atoms with Crippen molar-refractivity contribution in [1.82, 2.24) is 19.6 Å². The second-order valence-electron chi connectivity index (χ2n) is 8.65. The van der Waals surface area contributed by atoms with E-state index in [1.807, 2.05) is 11.8 Å². The maximum Gasteiger partial charge on any atom is 0.416 e. The Morgan fingerprint density at radius 1 is 1.19 bits per heavy atom. The molecule has 9 heteroatoms. The first-order chi connectivity index (χ1) is 15.2. The summed E-state index contributed by atoms with van der Waals surface area (Å²) in [5.74, 6) is -0.167. The molecule has 0 radical (unpaired) electrons. The molecule has 4 rings (SSSR count). The number of likely N-dealkylation sites (tertiary alicyclic amines) is 2. The van der Waals surface area contributed by atoms with Crippen molar-refractivity contribution in [2.75, 3.05) is 6.54 Å². The van der Waals surface area contributed by atoms with E-state index in [4.69, 9.17) is 0 Å². The van der Waals surface area contributed by atoms with Gasteiger partial charge in [-0.25, -0.2) is 0 Å². The average Bonchev–Trinajstić information content (AvgIpc) is 3.30. The first-order valence-electron chi connectivity index (χ1n) is 10.9. The second kappa shape index (κ2) is 8.60. The van der Waals surface area contributed by atoms with Crippen LogP contribution in [0.2, 0.25) is 0 Å². The molecular formula is C23H27F3N4O2. The third-order valence-corrected chi connectivity index (χ3v) is 6.71. The minimum atomic E-state index is -4.43. The lowest BCUT2D eigenvalue weighted by molar-refractivity contribution is -0.137. The van der Waals surface area contributed by atoms with Crippen molar-refractivity contribution < 1.29 is 22.8 Å². The number of benzene rings is 1. The molecule has 3 heterocycles. The highest BCUT2D eigenvalue weighted by atomic mass is 19.4. The number of carbonyl (C=O) groups is 2. The van der Waals surface area contributed by atoms with Gasteiger partial charge in [0.2, 0.25) is 5.91 Å². The molecule has 2 fully saturated rings. The summed E-state index contributed by atoms with van der Waals surface area (Å²) in [5, 5.41) is 4.17. The van der Waals surface area contributed by atoms with Gasteiger partial charge in [-0.05, 0) is 43.9 Å². The van der Waals surface area contributed by atoms with Gasteiger partial charge >= 0.3 is 6.18 Å². The van der Waals surface area contributed by atoms with Gasteiger partial charge in [-0.2, -0.15) is 18.3 Å². The molecule has 0 unspecified atom stereocenters. The maximum absolute atomic E-state index is 13.3. The number of alkyl halides is 3. The highest BCUT2D eigenvalue weighted by Crippen LogP contribution is 2.34. The molecule has 1 aromatic heterocycles. The zero-order chi connectivity index (χ0) is 23.0. The van der Waals surface area contributed by atoms with Crippen LogP contribution in [0.25, 0.3) is 0 Å². The quantitative estimate of drug-likeness (QED) is 0.715. The molecule has 0 aliphatic carbocycles. The Labute approximate surface area is 185 Å². The fourth-order valence-corrected chi connectivity index (χ4v) is 4.87. The van der Waals surface area contributed by atoms with Gasteiger partial charge in [-0.1, -0.05) is 18.6 Å². The predicted molar refractivity (Wildman–Crippen MR) is 112 cm³/mol. The Kier molecular flexibility index (Phi) is 6.01. The van der Waals surface area contributed by atoms with Gasteiger partial charge in [0.05, 0.1) is 29.4 Å². The predicted octanol–water partition coefficient (Wildman–Crippen LogP) is 3.93. The number of amides is 2. The van der Waals surface area contributed by atoms with E-state index in [9.17, 15) is 22.8 Å². The summed E-state index contributed by atoms with van der Waals surface area (Å²) in [6.45, 7) is 2.46. The van der Waals surface area contributed by atoms with E-state index in [0.29, 0.717) is 36.9 Å². The first-order valence-corrected chi connectivity index (χ1v) is 10.9. The molecule has 0 N–H and O–H groups in total. The minimum absolute atomic E-state index is 0.0658. The Hall–Kier alpha value is -2.84. The molecule has 1 aromatic carbocycles. The number of rotatable bonds is 3. The number of nitrogens with zero attached hydrogens (tertiary/aromatic N) is 4. The molecule has 2 amide bonds. The van der Waals surface area contributed by atoms with Gasteiger partial charge in [-0.15, -0.1) is 0 Å². The lowest BCUT2D eigenvalue weighted by Gasteiger charge is -2.37. The van der Waals surface area contributed by atoms with Crippen molar-refractivity contribution in [3.63, 3.8) is 0 Å². The number of fused-ring (bicyclic) bond motifs is 1. The number of aromatic nitrogens is 2. The Morgan fingerprint density at radius 2 is 1.97 bits per heavy atom. The summed E-state index contributed by atoms with van der Waals surface area (Å²) >= 11 is 0. The van der Waals surface area contributed by atoms with Gasteiger partial charge in [0.25, 0.3) is 5.91 Å². The van der Waals surface area contributed by atoms with Gasteiger partial charge < -0.3 is 9.80 Å². The highest BCUT2D eigenvalue weighted by molar-refractivity contribution is 5.95. The highest BCUT2D eigenvalue weighted by Gasteiger charge is 2.43. The lowest BCUT2D eigenvalue weighted by Crippen LogP contribution is -2.49. The van der Waals surface area contributed by atoms with Crippen LogP contribution in [-0.2, 0) is 24.6 Å². The van der Waals surface area contributed by atoms with E-state index in [1.54, 1.807) is 28.9 Å². The monoisotopic (exact) mass is 448 g/mol. The summed E-state index contributed by atoms with van der Waals surface area (Å²) in [7, 11) is 1.78. The SMILES string of the molecule is Cc1c(C(=O)N2CC[C@H]3[C@H]2CCCCC(=O)N3Cc2cccc(C(F)(F)F)c2)cnn1C. The lowest BCUT2D eigenvalue weighted by atomic mass is 9.95. The molecule has 2 aliphatic heterocycles. The summed E-state index contributed by atoms with van der Waals surface area (Å²) in [4.78, 5) is 29.8. The molecule has 2 aliphatic rings. The number of aryl methyl sites for hydroxylation is 1. The molecule has 2 atom stereocenters. The van der Waals surface area contributed by atoms with Crippen LogP contribution in [0, 0.1) is 6.92 Å². The van der Waals surface area contributed by atoms with Crippen LogP contribution in [0.4, 0.5) is 13.2 Å². The van der Waals surface area contributed by atoms with E-state index >= 15 is 0 Å². The van der Waals surface area contributed by atoms with E-state index in [0.717, 1.165) is 30.7 Å². The molecule has 0 bridgehead atoms. The zero-order valence-electron chi connectivity index (χ0n) is 18.2. The maximum atomic E-state index is 13.3. The molecule has 0 spiro atoms. The number of carbonyl (C=O) groups excluding carboxylic acids is 2. The molecule has 172 valence electrons. The van der Waals surface area contributed by atoms with Gasteiger partial charge in [0.15, 0.2) is 0 Å². The topological polar surface area (TPSA) is 58.4 Å². The third-order valence-electron chi connectivity index (χ3n) is 6.71. The summed E-state index contributed by atoms with van der Waals surface area (Å²) in [6, 6.07) is 4.77. The third kappa shape index (κ3) is 4.25. The van der Waals surface area contributed by atoms with E-state index in [2.05, 4.69) is 5.10 Å². The van der Waals surface area contributed by atoms with Crippen LogP contribution in [-0.4, -0.2) is 50.0 Å². The Balaban J connectivity index is 1.60. The van der Waals surface area contributed by atoms with Crippen LogP contribution < -0.4 is 0 Å². The second-order valence-corrected chi connectivity index (χ2v) is 8.65. The van der Waals surface area contributed by atoms with Gasteiger partial charge in [0.1, 0.15) is 0 Å². The fraction of sp³-hybridized carbons (Fsp3) is 0.522.